The van der Waals surface area contributed by atoms with Gasteiger partial charge in [-0.25, -0.2) is 8.78 Å². The van der Waals surface area contributed by atoms with Crippen LogP contribution in [0.2, 0.25) is 0 Å². The highest BCUT2D eigenvalue weighted by Gasteiger charge is 2.21. The number of nitrogen functional groups attached to an aromatic ring is 1. The van der Waals surface area contributed by atoms with E-state index in [1.165, 1.54) is 0 Å². The number of hydrogen-bond acceptors (Lipinski definition) is 3. The maximum absolute atomic E-state index is 13.6. The third-order valence-electron chi connectivity index (χ3n) is 2.27. The molecule has 4 N–H and O–H groups in total. The number of anilines is 1. The van der Waals surface area contributed by atoms with Crippen LogP contribution in [0.15, 0.2) is 12.1 Å². The van der Waals surface area contributed by atoms with Crippen LogP contribution in [0.4, 0.5) is 14.5 Å². The maximum Gasteiger partial charge on any atom is 0.257 e. The van der Waals surface area contributed by atoms with Crippen molar-refractivity contribution >= 4 is 17.5 Å². The molecule has 0 fully saturated rings. The van der Waals surface area contributed by atoms with Crippen molar-refractivity contribution in [1.82, 2.24) is 10.6 Å². The smallest absolute Gasteiger partial charge is 0.257 e. The van der Waals surface area contributed by atoms with Gasteiger partial charge in [-0.3, -0.25) is 9.59 Å². The molecule has 0 radical (unpaired) electrons. The van der Waals surface area contributed by atoms with Gasteiger partial charge in [0.15, 0.2) is 5.82 Å². The molecule has 0 aromatic heterocycles. The van der Waals surface area contributed by atoms with Crippen LogP contribution in [-0.4, -0.2) is 23.9 Å². The van der Waals surface area contributed by atoms with Crippen molar-refractivity contribution < 1.29 is 18.4 Å². The first-order valence-electron chi connectivity index (χ1n) is 5.94. The molecule has 5 nitrogen and oxygen atoms in total. The zero-order valence-electron chi connectivity index (χ0n) is 11.5. The van der Waals surface area contributed by atoms with Gasteiger partial charge in [0, 0.05) is 5.54 Å². The van der Waals surface area contributed by atoms with E-state index in [4.69, 9.17) is 5.73 Å². The number of hydrogen-bond donors (Lipinski definition) is 3. The number of carbonyl (C=O) groups excluding carboxylic acids is 2. The van der Waals surface area contributed by atoms with Crippen LogP contribution in [0, 0.1) is 11.6 Å². The first kappa shape index (κ1) is 15.9. The predicted molar refractivity (Wildman–Crippen MR) is 71.0 cm³/mol. The second-order valence-electron chi connectivity index (χ2n) is 5.31. The van der Waals surface area contributed by atoms with Crippen LogP contribution < -0.4 is 16.4 Å². The molecule has 1 rings (SSSR count). The highest BCUT2D eigenvalue weighted by molar-refractivity contribution is 5.97. The van der Waals surface area contributed by atoms with Gasteiger partial charge in [0.1, 0.15) is 11.4 Å². The van der Waals surface area contributed by atoms with Crippen molar-refractivity contribution in [3.05, 3.63) is 29.3 Å². The molecule has 0 heterocycles. The van der Waals surface area contributed by atoms with E-state index in [2.05, 4.69) is 10.6 Å². The molecule has 0 bridgehead atoms. The minimum atomic E-state index is -1.14. The van der Waals surface area contributed by atoms with Gasteiger partial charge in [0.05, 0.1) is 12.2 Å². The van der Waals surface area contributed by atoms with Crippen LogP contribution in [0.5, 0.6) is 0 Å². The zero-order valence-corrected chi connectivity index (χ0v) is 11.5. The molecule has 0 saturated carbocycles. The minimum absolute atomic E-state index is 0.337. The quantitative estimate of drug-likeness (QED) is 0.729. The number of nitrogens with two attached hydrogens (primary N) is 1. The molecule has 2 amide bonds. The van der Waals surface area contributed by atoms with Crippen LogP contribution in [0.1, 0.15) is 31.1 Å². The molecule has 0 unspecified atom stereocenters. The third-order valence-corrected chi connectivity index (χ3v) is 2.27. The Hall–Kier alpha value is -2.18. The molecular weight excluding hydrogens is 268 g/mol. The second-order valence-corrected chi connectivity index (χ2v) is 5.31. The average molecular weight is 285 g/mol. The Morgan fingerprint density at radius 2 is 1.85 bits per heavy atom. The summed E-state index contributed by atoms with van der Waals surface area (Å²) in [6.45, 7) is 4.92. The van der Waals surface area contributed by atoms with Crippen LogP contribution in [0.25, 0.3) is 0 Å². The number of nitrogens with one attached hydrogen (secondary N) is 2. The van der Waals surface area contributed by atoms with E-state index >= 15 is 0 Å². The molecule has 1 aromatic rings. The fourth-order valence-corrected chi connectivity index (χ4v) is 1.49. The lowest BCUT2D eigenvalue weighted by Gasteiger charge is -2.20. The summed E-state index contributed by atoms with van der Waals surface area (Å²) in [5.74, 6) is -3.67. The lowest BCUT2D eigenvalue weighted by atomic mass is 10.1. The summed E-state index contributed by atoms with van der Waals surface area (Å²) in [6.07, 6.45) is 0. The zero-order chi connectivity index (χ0) is 15.5. The van der Waals surface area contributed by atoms with Crippen molar-refractivity contribution in [3.8, 4) is 0 Å². The van der Waals surface area contributed by atoms with E-state index < -0.39 is 34.6 Å². The van der Waals surface area contributed by atoms with E-state index in [1.54, 1.807) is 20.8 Å². The topological polar surface area (TPSA) is 84.2 Å². The SMILES string of the molecule is CC(C)(C)NC(=O)CNC(=O)c1c(F)ccc(N)c1F. The maximum atomic E-state index is 13.6. The molecule has 0 aliphatic rings. The van der Waals surface area contributed by atoms with Crippen molar-refractivity contribution in [2.45, 2.75) is 26.3 Å². The molecule has 0 spiro atoms. The molecule has 0 aliphatic heterocycles. The van der Waals surface area contributed by atoms with Gasteiger partial charge in [-0.2, -0.15) is 0 Å². The molecule has 110 valence electrons. The van der Waals surface area contributed by atoms with Crippen LogP contribution >= 0.6 is 0 Å². The number of amides is 2. The lowest BCUT2D eigenvalue weighted by Crippen LogP contribution is -2.46. The standard InChI is InChI=1S/C13H17F2N3O2/c1-13(2,3)18-9(19)6-17-12(20)10-7(14)4-5-8(16)11(10)15/h4-5H,6,16H2,1-3H3,(H,17,20)(H,18,19). The first-order chi connectivity index (χ1) is 9.11. The van der Waals surface area contributed by atoms with Crippen molar-refractivity contribution in [1.29, 1.82) is 0 Å². The lowest BCUT2D eigenvalue weighted by molar-refractivity contribution is -0.121. The Labute approximate surface area is 115 Å². The van der Waals surface area contributed by atoms with Gasteiger partial charge >= 0.3 is 0 Å². The highest BCUT2D eigenvalue weighted by Crippen LogP contribution is 2.18. The summed E-state index contributed by atoms with van der Waals surface area (Å²) in [7, 11) is 0. The molecule has 20 heavy (non-hydrogen) atoms. The molecule has 0 saturated heterocycles. The normalized spacial score (nSPS) is 11.1. The number of carbonyl (C=O) groups is 2. The average Bonchev–Trinajstić information content (AvgIpc) is 2.30. The van der Waals surface area contributed by atoms with E-state index in [0.717, 1.165) is 12.1 Å². The molecule has 7 heteroatoms. The second kappa shape index (κ2) is 5.85. The summed E-state index contributed by atoms with van der Waals surface area (Å²) in [5.41, 5.74) is 3.67. The van der Waals surface area contributed by atoms with Crippen molar-refractivity contribution in [3.63, 3.8) is 0 Å². The predicted octanol–water partition coefficient (Wildman–Crippen LogP) is 1.19. The minimum Gasteiger partial charge on any atom is -0.396 e. The van der Waals surface area contributed by atoms with E-state index in [9.17, 15) is 18.4 Å². The molecule has 1 aromatic carbocycles. The number of benzene rings is 1. The van der Waals surface area contributed by atoms with Crippen molar-refractivity contribution in [2.75, 3.05) is 12.3 Å². The van der Waals surface area contributed by atoms with Crippen LogP contribution in [0.3, 0.4) is 0 Å². The Morgan fingerprint density at radius 3 is 2.40 bits per heavy atom. The Kier molecular flexibility index (Phi) is 4.65. The first-order valence-corrected chi connectivity index (χ1v) is 5.94. The highest BCUT2D eigenvalue weighted by atomic mass is 19.1. The van der Waals surface area contributed by atoms with E-state index in [0.29, 0.717) is 0 Å². The van der Waals surface area contributed by atoms with Gasteiger partial charge in [0.25, 0.3) is 5.91 Å². The summed E-state index contributed by atoms with van der Waals surface area (Å²) >= 11 is 0. The molecule has 0 atom stereocenters. The van der Waals surface area contributed by atoms with Crippen molar-refractivity contribution in [2.24, 2.45) is 0 Å². The van der Waals surface area contributed by atoms with Gasteiger partial charge in [0.2, 0.25) is 5.91 Å². The summed E-state index contributed by atoms with van der Waals surface area (Å²) in [4.78, 5) is 23.2. The summed E-state index contributed by atoms with van der Waals surface area (Å²) < 4.78 is 27.0. The Bertz CT molecular complexity index is 539. The summed E-state index contributed by atoms with van der Waals surface area (Å²) in [6, 6.07) is 1.91. The Morgan fingerprint density at radius 1 is 1.25 bits per heavy atom. The molecular formula is C13H17F2N3O2. The third kappa shape index (κ3) is 4.18. The van der Waals surface area contributed by atoms with Gasteiger partial charge in [-0.1, -0.05) is 0 Å². The molecule has 0 aliphatic carbocycles. The Balaban J connectivity index is 2.74. The van der Waals surface area contributed by atoms with Crippen LogP contribution in [-0.2, 0) is 4.79 Å². The van der Waals surface area contributed by atoms with Gasteiger partial charge < -0.3 is 16.4 Å². The van der Waals surface area contributed by atoms with Gasteiger partial charge in [-0.05, 0) is 32.9 Å². The van der Waals surface area contributed by atoms with Gasteiger partial charge in [-0.15, -0.1) is 0 Å². The van der Waals surface area contributed by atoms with E-state index in [1.807, 2.05) is 0 Å². The fraction of sp³-hybridized carbons (Fsp3) is 0.385. The fourth-order valence-electron chi connectivity index (χ4n) is 1.49. The number of rotatable bonds is 3. The summed E-state index contributed by atoms with van der Waals surface area (Å²) in [5, 5.41) is 4.74. The van der Waals surface area contributed by atoms with E-state index in [-0.39, 0.29) is 12.2 Å². The largest absolute Gasteiger partial charge is 0.396 e. The number of halogens is 2. The monoisotopic (exact) mass is 285 g/mol.